The summed E-state index contributed by atoms with van der Waals surface area (Å²) in [5.74, 6) is 0.0598. The molecule has 1 heterocycles. The van der Waals surface area contributed by atoms with Crippen LogP contribution in [0.3, 0.4) is 0 Å². The van der Waals surface area contributed by atoms with Crippen LogP contribution >= 0.6 is 23.2 Å². The van der Waals surface area contributed by atoms with Gasteiger partial charge in [-0.25, -0.2) is 5.43 Å². The summed E-state index contributed by atoms with van der Waals surface area (Å²) in [7, 11) is 1.52. The van der Waals surface area contributed by atoms with Gasteiger partial charge < -0.3 is 10.1 Å². The second-order valence-corrected chi connectivity index (χ2v) is 5.52. The molecule has 0 saturated heterocycles. The van der Waals surface area contributed by atoms with E-state index in [-0.39, 0.29) is 18.2 Å². The minimum Gasteiger partial charge on any atom is -0.495 e. The van der Waals surface area contributed by atoms with E-state index in [4.69, 9.17) is 27.9 Å². The first-order valence-electron chi connectivity index (χ1n) is 6.66. The summed E-state index contributed by atoms with van der Waals surface area (Å²) < 4.78 is 5.24. The molecule has 1 aliphatic rings. The molecular weight excluding hydrogens is 329 g/mol. The molecule has 22 heavy (non-hydrogen) atoms. The molecule has 0 unspecified atom stereocenters. The zero-order valence-corrected chi connectivity index (χ0v) is 13.4. The quantitative estimate of drug-likeness (QED) is 0.857. The Kier molecular flexibility index (Phi) is 5.63. The molecule has 118 valence electrons. The normalized spacial score (nSPS) is 14.1. The van der Waals surface area contributed by atoms with E-state index in [0.29, 0.717) is 40.9 Å². The summed E-state index contributed by atoms with van der Waals surface area (Å²) in [4.78, 5) is 22.9. The molecule has 1 aromatic carbocycles. The third kappa shape index (κ3) is 4.11. The fraction of sp³-hybridized carbons (Fsp3) is 0.357. The molecule has 0 saturated carbocycles. The number of amides is 2. The van der Waals surface area contributed by atoms with Gasteiger partial charge in [0.15, 0.2) is 0 Å². The van der Waals surface area contributed by atoms with Gasteiger partial charge >= 0.3 is 0 Å². The van der Waals surface area contributed by atoms with Crippen molar-refractivity contribution in [2.75, 3.05) is 13.7 Å². The van der Waals surface area contributed by atoms with Crippen molar-refractivity contribution in [3.8, 4) is 5.75 Å². The Morgan fingerprint density at radius 1 is 1.41 bits per heavy atom. The van der Waals surface area contributed by atoms with Gasteiger partial charge in [-0.1, -0.05) is 23.2 Å². The number of hydrazone groups is 1. The summed E-state index contributed by atoms with van der Waals surface area (Å²) in [6.45, 7) is 0.374. The molecule has 0 aromatic heterocycles. The summed E-state index contributed by atoms with van der Waals surface area (Å²) in [6, 6.07) is 3.35. The number of ether oxygens (including phenoxy) is 1. The van der Waals surface area contributed by atoms with E-state index in [2.05, 4.69) is 15.8 Å². The van der Waals surface area contributed by atoms with Gasteiger partial charge in [0, 0.05) is 24.4 Å². The van der Waals surface area contributed by atoms with E-state index in [1.807, 2.05) is 0 Å². The highest BCUT2D eigenvalue weighted by atomic mass is 35.5. The Hall–Kier alpha value is -1.79. The molecular formula is C14H15Cl2N3O3. The number of benzene rings is 1. The van der Waals surface area contributed by atoms with Crippen molar-refractivity contribution in [2.24, 2.45) is 5.10 Å². The Morgan fingerprint density at radius 3 is 2.82 bits per heavy atom. The van der Waals surface area contributed by atoms with Crippen LogP contribution in [0.2, 0.25) is 10.0 Å². The topological polar surface area (TPSA) is 79.8 Å². The lowest BCUT2D eigenvalue weighted by atomic mass is 10.1. The van der Waals surface area contributed by atoms with Crippen LogP contribution in [0.15, 0.2) is 17.2 Å². The number of methoxy groups -OCH3 is 1. The standard InChI is InChI=1S/C14H15Cl2N3O3/c1-22-13-8(6-9(15)7-10(13)16)4-5-17-14(21)11-2-3-12(20)19-18-11/h6-7H,2-5H2,1H3,(H,17,21)(H,19,20). The number of rotatable bonds is 5. The van der Waals surface area contributed by atoms with Gasteiger partial charge in [-0.05, 0) is 24.1 Å². The van der Waals surface area contributed by atoms with E-state index in [0.717, 1.165) is 5.56 Å². The Morgan fingerprint density at radius 2 is 2.18 bits per heavy atom. The number of carbonyl (C=O) groups is 2. The van der Waals surface area contributed by atoms with Crippen LogP contribution < -0.4 is 15.5 Å². The molecule has 8 heteroatoms. The Labute approximate surface area is 137 Å². The zero-order valence-electron chi connectivity index (χ0n) is 11.9. The molecule has 0 bridgehead atoms. The van der Waals surface area contributed by atoms with Gasteiger partial charge in [0.25, 0.3) is 5.91 Å². The molecule has 6 nitrogen and oxygen atoms in total. The van der Waals surface area contributed by atoms with E-state index in [1.54, 1.807) is 12.1 Å². The number of hydrogen-bond donors (Lipinski definition) is 2. The smallest absolute Gasteiger partial charge is 0.267 e. The second kappa shape index (κ2) is 7.47. The lowest BCUT2D eigenvalue weighted by Crippen LogP contribution is -2.37. The second-order valence-electron chi connectivity index (χ2n) is 4.68. The van der Waals surface area contributed by atoms with Crippen molar-refractivity contribution in [2.45, 2.75) is 19.3 Å². The van der Waals surface area contributed by atoms with Crippen LogP contribution in [-0.2, 0) is 16.0 Å². The molecule has 0 radical (unpaired) electrons. The van der Waals surface area contributed by atoms with E-state index in [9.17, 15) is 9.59 Å². The van der Waals surface area contributed by atoms with Crippen LogP contribution in [0, 0.1) is 0 Å². The molecule has 2 N–H and O–H groups in total. The third-order valence-electron chi connectivity index (χ3n) is 3.14. The first-order chi connectivity index (χ1) is 10.5. The molecule has 1 aliphatic heterocycles. The summed E-state index contributed by atoms with van der Waals surface area (Å²) in [5, 5.41) is 7.41. The minimum absolute atomic E-state index is 0.185. The highest BCUT2D eigenvalue weighted by Gasteiger charge is 2.18. The van der Waals surface area contributed by atoms with Crippen molar-refractivity contribution in [3.05, 3.63) is 27.7 Å². The molecule has 0 aliphatic carbocycles. The van der Waals surface area contributed by atoms with Gasteiger partial charge in [-0.15, -0.1) is 0 Å². The average Bonchev–Trinajstić information content (AvgIpc) is 2.47. The summed E-state index contributed by atoms with van der Waals surface area (Å²) >= 11 is 12.0. The zero-order chi connectivity index (χ0) is 16.1. The molecule has 0 atom stereocenters. The van der Waals surface area contributed by atoms with E-state index < -0.39 is 0 Å². The van der Waals surface area contributed by atoms with Crippen LogP contribution in [0.1, 0.15) is 18.4 Å². The largest absolute Gasteiger partial charge is 0.495 e. The fourth-order valence-electron chi connectivity index (χ4n) is 2.08. The number of nitrogens with one attached hydrogen (secondary N) is 2. The summed E-state index contributed by atoms with van der Waals surface area (Å²) in [6.07, 6.45) is 1.11. The fourth-order valence-corrected chi connectivity index (χ4v) is 2.69. The van der Waals surface area contributed by atoms with Crippen molar-refractivity contribution in [3.63, 3.8) is 0 Å². The van der Waals surface area contributed by atoms with Crippen LogP contribution in [-0.4, -0.2) is 31.2 Å². The summed E-state index contributed by atoms with van der Waals surface area (Å²) in [5.41, 5.74) is 3.41. The van der Waals surface area contributed by atoms with Crippen molar-refractivity contribution in [1.29, 1.82) is 0 Å². The number of hydrogen-bond acceptors (Lipinski definition) is 4. The molecule has 0 fully saturated rings. The number of halogens is 2. The first-order valence-corrected chi connectivity index (χ1v) is 7.42. The van der Waals surface area contributed by atoms with Crippen LogP contribution in [0.4, 0.5) is 0 Å². The predicted molar refractivity (Wildman–Crippen MR) is 84.5 cm³/mol. The first kappa shape index (κ1) is 16.6. The maximum Gasteiger partial charge on any atom is 0.267 e. The third-order valence-corrected chi connectivity index (χ3v) is 3.63. The molecule has 2 rings (SSSR count). The van der Waals surface area contributed by atoms with Crippen LogP contribution in [0.5, 0.6) is 5.75 Å². The van der Waals surface area contributed by atoms with Gasteiger partial charge in [0.05, 0.1) is 12.1 Å². The van der Waals surface area contributed by atoms with Crippen molar-refractivity contribution >= 4 is 40.7 Å². The maximum atomic E-state index is 11.9. The average molecular weight is 344 g/mol. The number of nitrogens with zero attached hydrogens (tertiary/aromatic N) is 1. The van der Waals surface area contributed by atoms with Gasteiger partial charge in [0.1, 0.15) is 11.5 Å². The van der Waals surface area contributed by atoms with Crippen LogP contribution in [0.25, 0.3) is 0 Å². The molecule has 1 aromatic rings. The number of carbonyl (C=O) groups excluding carboxylic acids is 2. The van der Waals surface area contributed by atoms with Crippen molar-refractivity contribution in [1.82, 2.24) is 10.7 Å². The van der Waals surface area contributed by atoms with Gasteiger partial charge in [-0.3, -0.25) is 9.59 Å². The van der Waals surface area contributed by atoms with Gasteiger partial charge in [-0.2, -0.15) is 5.10 Å². The SMILES string of the molecule is COc1c(Cl)cc(Cl)cc1CCNC(=O)C1=NNC(=O)CC1. The highest BCUT2D eigenvalue weighted by Crippen LogP contribution is 2.32. The van der Waals surface area contributed by atoms with E-state index in [1.165, 1.54) is 7.11 Å². The molecule has 0 spiro atoms. The highest BCUT2D eigenvalue weighted by molar-refractivity contribution is 6.39. The minimum atomic E-state index is -0.299. The lowest BCUT2D eigenvalue weighted by Gasteiger charge is -2.13. The Balaban J connectivity index is 1.94. The maximum absolute atomic E-state index is 11.9. The van der Waals surface area contributed by atoms with Crippen molar-refractivity contribution < 1.29 is 14.3 Å². The lowest BCUT2D eigenvalue weighted by molar-refractivity contribution is -0.121. The van der Waals surface area contributed by atoms with E-state index >= 15 is 0 Å². The predicted octanol–water partition coefficient (Wildman–Crippen LogP) is 1.93. The Bertz CT molecular complexity index is 632. The monoisotopic (exact) mass is 343 g/mol. The molecule has 2 amide bonds. The van der Waals surface area contributed by atoms with Gasteiger partial charge in [0.2, 0.25) is 5.91 Å².